The molecule has 0 aliphatic heterocycles. The maximum absolute atomic E-state index is 12.6. The molecule has 4 bridgehead atoms. The van der Waals surface area contributed by atoms with E-state index >= 15 is 0 Å². The van der Waals surface area contributed by atoms with Crippen molar-refractivity contribution in [3.05, 3.63) is 36.1 Å². The van der Waals surface area contributed by atoms with Gasteiger partial charge in [-0.25, -0.2) is 4.79 Å². The van der Waals surface area contributed by atoms with Gasteiger partial charge in [-0.2, -0.15) is 0 Å². The predicted molar refractivity (Wildman–Crippen MR) is 103 cm³/mol. The summed E-state index contributed by atoms with van der Waals surface area (Å²) in [5.74, 6) is 3.20. The third kappa shape index (κ3) is 3.22. The van der Waals surface area contributed by atoms with E-state index in [1.165, 1.54) is 19.3 Å². The van der Waals surface area contributed by atoms with Crippen LogP contribution in [-0.4, -0.2) is 25.2 Å². The Morgan fingerprint density at radius 2 is 1.85 bits per heavy atom. The summed E-state index contributed by atoms with van der Waals surface area (Å²) in [5, 5.41) is 7.41. The summed E-state index contributed by atoms with van der Waals surface area (Å²) >= 11 is 0. The Bertz CT molecular complexity index is 775. The molecule has 4 saturated carbocycles. The van der Waals surface area contributed by atoms with E-state index in [9.17, 15) is 4.79 Å². The lowest BCUT2D eigenvalue weighted by Crippen LogP contribution is -2.61. The lowest BCUT2D eigenvalue weighted by Gasteiger charge is -2.56. The van der Waals surface area contributed by atoms with Gasteiger partial charge in [-0.05, 0) is 68.4 Å². The zero-order valence-electron chi connectivity index (χ0n) is 15.9. The molecule has 4 aliphatic carbocycles. The first-order valence-electron chi connectivity index (χ1n) is 10.2. The Labute approximate surface area is 159 Å². The highest BCUT2D eigenvalue weighted by molar-refractivity contribution is 5.78. The first kappa shape index (κ1) is 17.1. The van der Waals surface area contributed by atoms with E-state index in [1.54, 1.807) is 7.11 Å². The first-order valence-corrected chi connectivity index (χ1v) is 10.2. The van der Waals surface area contributed by atoms with Crippen LogP contribution in [0.25, 0.3) is 11.0 Å². The van der Waals surface area contributed by atoms with Crippen LogP contribution in [0.5, 0.6) is 0 Å². The van der Waals surface area contributed by atoms with Crippen molar-refractivity contribution < 1.29 is 13.9 Å². The molecular weight excluding hydrogens is 340 g/mol. The fraction of sp³-hybridized carbons (Fsp3) is 0.591. The number of amides is 2. The van der Waals surface area contributed by atoms with Gasteiger partial charge in [-0.15, -0.1) is 0 Å². The smallest absolute Gasteiger partial charge is 0.315 e. The number of benzene rings is 1. The number of furan rings is 1. The number of nitrogens with one attached hydrogen (secondary N) is 2. The van der Waals surface area contributed by atoms with Crippen molar-refractivity contribution in [3.8, 4) is 0 Å². The predicted octanol–water partition coefficient (Wildman–Crippen LogP) is 4.39. The molecule has 2 N–H and O–H groups in total. The summed E-state index contributed by atoms with van der Waals surface area (Å²) in [6, 6.07) is 9.81. The zero-order valence-corrected chi connectivity index (χ0v) is 15.9. The van der Waals surface area contributed by atoms with Gasteiger partial charge in [-0.3, -0.25) is 0 Å². The highest BCUT2D eigenvalue weighted by Crippen LogP contribution is 2.55. The van der Waals surface area contributed by atoms with Crippen molar-refractivity contribution in [2.75, 3.05) is 13.7 Å². The van der Waals surface area contributed by atoms with Crippen LogP contribution in [0.15, 0.2) is 34.7 Å². The molecule has 144 valence electrons. The number of methoxy groups -OCH3 is 1. The highest BCUT2D eigenvalue weighted by Gasteiger charge is 2.51. The van der Waals surface area contributed by atoms with Crippen LogP contribution in [0.3, 0.4) is 0 Å². The number of rotatable bonds is 5. The minimum absolute atomic E-state index is 0.0285. The lowest BCUT2D eigenvalue weighted by molar-refractivity contribution is -0.0138. The minimum Gasteiger partial charge on any atom is -0.458 e. The van der Waals surface area contributed by atoms with Crippen molar-refractivity contribution in [1.29, 1.82) is 0 Å². The molecule has 0 spiro atoms. The summed E-state index contributed by atoms with van der Waals surface area (Å²) in [6.45, 7) is 0.397. The molecule has 6 rings (SSSR count). The SMILES string of the molecule is CO[C@H](CNC(=O)NC12CC3CC(CC(C3)C1)C2)c1cc2ccccc2o1. The summed E-state index contributed by atoms with van der Waals surface area (Å²) in [7, 11) is 1.65. The summed E-state index contributed by atoms with van der Waals surface area (Å²) < 4.78 is 11.5. The van der Waals surface area contributed by atoms with Gasteiger partial charge in [0.1, 0.15) is 17.4 Å². The number of carbonyl (C=O) groups excluding carboxylic acids is 1. The molecule has 5 heteroatoms. The Morgan fingerprint density at radius 3 is 2.48 bits per heavy atom. The standard InChI is InChI=1S/C22H28N2O3/c1-26-20(19-9-17-4-2-3-5-18(17)27-19)13-23-21(25)24-22-10-14-6-15(11-22)8-16(7-14)12-22/h2-5,9,14-16,20H,6-8,10-13H2,1H3,(H2,23,24,25)/t14?,15?,16?,20-,22?/m1/s1. The van der Waals surface area contributed by atoms with Crippen LogP contribution in [0, 0.1) is 17.8 Å². The molecule has 1 atom stereocenters. The molecule has 2 amide bonds. The Morgan fingerprint density at radius 1 is 1.19 bits per heavy atom. The van der Waals surface area contributed by atoms with Crippen molar-refractivity contribution in [2.24, 2.45) is 17.8 Å². The average Bonchev–Trinajstić information content (AvgIpc) is 3.04. The van der Waals surface area contributed by atoms with Crippen molar-refractivity contribution in [1.82, 2.24) is 10.6 Å². The Kier molecular flexibility index (Phi) is 4.15. The third-order valence-corrected chi connectivity index (χ3v) is 6.91. The second-order valence-electron chi connectivity index (χ2n) is 8.94. The van der Waals surface area contributed by atoms with Crippen LogP contribution in [0.4, 0.5) is 4.79 Å². The quantitative estimate of drug-likeness (QED) is 0.823. The number of hydrogen-bond acceptors (Lipinski definition) is 3. The molecule has 4 aliphatic rings. The molecule has 1 heterocycles. The Hall–Kier alpha value is -2.01. The van der Waals surface area contributed by atoms with E-state index in [0.29, 0.717) is 6.54 Å². The summed E-state index contributed by atoms with van der Waals surface area (Å²) in [5.41, 5.74) is 0.869. The van der Waals surface area contributed by atoms with Crippen LogP contribution in [0.1, 0.15) is 50.4 Å². The number of urea groups is 1. The van der Waals surface area contributed by atoms with Gasteiger partial charge in [0.25, 0.3) is 0 Å². The van der Waals surface area contributed by atoms with E-state index in [4.69, 9.17) is 9.15 Å². The van der Waals surface area contributed by atoms with E-state index in [2.05, 4.69) is 10.6 Å². The topological polar surface area (TPSA) is 63.5 Å². The number of para-hydroxylation sites is 1. The highest BCUT2D eigenvalue weighted by atomic mass is 16.5. The maximum atomic E-state index is 12.6. The van der Waals surface area contributed by atoms with Gasteiger partial charge < -0.3 is 19.8 Å². The first-order chi connectivity index (χ1) is 13.1. The van der Waals surface area contributed by atoms with Crippen LogP contribution >= 0.6 is 0 Å². The van der Waals surface area contributed by atoms with Crippen LogP contribution in [0.2, 0.25) is 0 Å². The van der Waals surface area contributed by atoms with E-state index < -0.39 is 0 Å². The zero-order chi connectivity index (χ0) is 18.4. The molecule has 2 aromatic rings. The molecule has 0 saturated heterocycles. The van der Waals surface area contributed by atoms with Gasteiger partial charge in [0.2, 0.25) is 0 Å². The second kappa shape index (κ2) is 6.55. The van der Waals surface area contributed by atoms with E-state index in [-0.39, 0.29) is 17.7 Å². The van der Waals surface area contributed by atoms with Crippen molar-refractivity contribution in [2.45, 2.75) is 50.2 Å². The van der Waals surface area contributed by atoms with E-state index in [1.807, 2.05) is 30.3 Å². The molecular formula is C22H28N2O3. The molecule has 27 heavy (non-hydrogen) atoms. The number of hydrogen-bond donors (Lipinski definition) is 2. The average molecular weight is 368 g/mol. The van der Waals surface area contributed by atoms with Gasteiger partial charge in [0.15, 0.2) is 0 Å². The molecule has 4 fully saturated rings. The number of fused-ring (bicyclic) bond motifs is 1. The fourth-order valence-corrected chi connectivity index (χ4v) is 6.20. The van der Waals surface area contributed by atoms with Gasteiger partial charge in [0, 0.05) is 18.0 Å². The van der Waals surface area contributed by atoms with Crippen LogP contribution < -0.4 is 10.6 Å². The fourth-order valence-electron chi connectivity index (χ4n) is 6.20. The van der Waals surface area contributed by atoms with Gasteiger partial charge >= 0.3 is 6.03 Å². The molecule has 5 nitrogen and oxygen atoms in total. The Balaban J connectivity index is 1.22. The maximum Gasteiger partial charge on any atom is 0.315 e. The minimum atomic E-state index is -0.292. The third-order valence-electron chi connectivity index (χ3n) is 6.91. The van der Waals surface area contributed by atoms with Gasteiger partial charge in [-0.1, -0.05) is 18.2 Å². The molecule has 1 aromatic heterocycles. The normalized spacial score (nSPS) is 32.6. The second-order valence-corrected chi connectivity index (χ2v) is 8.94. The van der Waals surface area contributed by atoms with E-state index in [0.717, 1.165) is 53.7 Å². The molecule has 0 unspecified atom stereocenters. The number of carbonyl (C=O) groups is 1. The number of ether oxygens (including phenoxy) is 1. The molecule has 0 radical (unpaired) electrons. The lowest BCUT2D eigenvalue weighted by atomic mass is 9.53. The summed E-state index contributed by atoms with van der Waals surface area (Å²) in [6.07, 6.45) is 7.30. The van der Waals surface area contributed by atoms with Crippen molar-refractivity contribution >= 4 is 17.0 Å². The van der Waals surface area contributed by atoms with Gasteiger partial charge in [0.05, 0.1) is 6.54 Å². The van der Waals surface area contributed by atoms with Crippen molar-refractivity contribution in [3.63, 3.8) is 0 Å². The van der Waals surface area contributed by atoms with Crippen LogP contribution in [-0.2, 0) is 4.74 Å². The largest absolute Gasteiger partial charge is 0.458 e. The summed E-state index contributed by atoms with van der Waals surface area (Å²) in [4.78, 5) is 12.6. The monoisotopic (exact) mass is 368 g/mol. The molecule has 1 aromatic carbocycles.